The Balaban J connectivity index is 1.53. The molecule has 0 bridgehead atoms. The summed E-state index contributed by atoms with van der Waals surface area (Å²) >= 11 is 0. The van der Waals surface area contributed by atoms with E-state index in [1.165, 1.54) is 6.26 Å². The van der Waals surface area contributed by atoms with Crippen molar-refractivity contribution in [2.45, 2.75) is 0 Å². The third-order valence-electron chi connectivity index (χ3n) is 3.71. The number of anilines is 1. The number of benzene rings is 1. The molecule has 130 valence electrons. The number of carbonyl (C=O) groups excluding carboxylic acids is 1. The maximum absolute atomic E-state index is 12.5. The zero-order chi connectivity index (χ0) is 18.6. The fourth-order valence-corrected chi connectivity index (χ4v) is 2.41. The molecule has 0 saturated heterocycles. The molecule has 0 fully saturated rings. The first-order chi connectivity index (χ1) is 13.2. The van der Waals surface area contributed by atoms with E-state index < -0.39 is 5.91 Å². The summed E-state index contributed by atoms with van der Waals surface area (Å²) in [4.78, 5) is 16.5. The van der Waals surface area contributed by atoms with Crippen LogP contribution < -0.4 is 5.32 Å². The second-order valence-corrected chi connectivity index (χ2v) is 5.47. The Bertz CT molecular complexity index is 1120. The van der Waals surface area contributed by atoms with Crippen molar-refractivity contribution in [3.63, 3.8) is 0 Å². The zero-order valence-corrected chi connectivity index (χ0v) is 13.8. The van der Waals surface area contributed by atoms with E-state index in [4.69, 9.17) is 14.1 Å². The summed E-state index contributed by atoms with van der Waals surface area (Å²) in [6.45, 7) is 0. The number of amides is 1. The number of carbonyl (C=O) groups is 1. The van der Waals surface area contributed by atoms with Gasteiger partial charge in [0.1, 0.15) is 11.8 Å². The highest BCUT2D eigenvalue weighted by atomic mass is 16.4. The predicted octanol–water partition coefficient (Wildman–Crippen LogP) is 3.52. The van der Waals surface area contributed by atoms with Gasteiger partial charge in [-0.15, -0.1) is 5.10 Å². The minimum Gasteiger partial charge on any atom is -0.459 e. The minimum atomic E-state index is -0.395. The van der Waals surface area contributed by atoms with Crippen LogP contribution in [0.4, 0.5) is 6.01 Å². The number of pyridine rings is 1. The number of hydrogen-bond acceptors (Lipinski definition) is 7. The summed E-state index contributed by atoms with van der Waals surface area (Å²) in [5.74, 6) is 0.194. The molecule has 8 nitrogen and oxygen atoms in total. The number of nitrogens with zero attached hydrogens (tertiary/aromatic N) is 4. The average Bonchev–Trinajstić information content (AvgIpc) is 3.40. The fourth-order valence-electron chi connectivity index (χ4n) is 2.41. The summed E-state index contributed by atoms with van der Waals surface area (Å²) in [6, 6.07) is 15.7. The third kappa shape index (κ3) is 3.43. The van der Waals surface area contributed by atoms with Crippen LogP contribution in [0.3, 0.4) is 0 Å². The lowest BCUT2D eigenvalue weighted by molar-refractivity contribution is 0.102. The molecule has 8 heteroatoms. The molecular formula is C19H11N5O3. The molecule has 0 aliphatic heterocycles. The Hall–Kier alpha value is -4.25. The molecule has 0 atom stereocenters. The molecule has 3 aromatic heterocycles. The summed E-state index contributed by atoms with van der Waals surface area (Å²) in [6.07, 6.45) is 3.07. The number of furan rings is 1. The molecule has 0 aliphatic carbocycles. The van der Waals surface area contributed by atoms with E-state index in [2.05, 4.69) is 20.5 Å². The second kappa shape index (κ2) is 6.93. The van der Waals surface area contributed by atoms with Crippen LogP contribution in [0.15, 0.2) is 69.8 Å². The van der Waals surface area contributed by atoms with Crippen LogP contribution in [-0.2, 0) is 0 Å². The van der Waals surface area contributed by atoms with Crippen LogP contribution in [0.1, 0.15) is 16.1 Å². The van der Waals surface area contributed by atoms with Crippen molar-refractivity contribution in [2.24, 2.45) is 0 Å². The van der Waals surface area contributed by atoms with E-state index in [-0.39, 0.29) is 11.9 Å². The van der Waals surface area contributed by atoms with E-state index >= 15 is 0 Å². The summed E-state index contributed by atoms with van der Waals surface area (Å²) in [7, 11) is 0. The van der Waals surface area contributed by atoms with Gasteiger partial charge in [0.05, 0.1) is 6.26 Å². The van der Waals surface area contributed by atoms with E-state index in [1.54, 1.807) is 48.7 Å². The van der Waals surface area contributed by atoms with E-state index in [1.807, 2.05) is 12.1 Å². The summed E-state index contributed by atoms with van der Waals surface area (Å²) in [5, 5.41) is 19.0. The molecule has 27 heavy (non-hydrogen) atoms. The van der Waals surface area contributed by atoms with Gasteiger partial charge in [-0.1, -0.05) is 17.2 Å². The van der Waals surface area contributed by atoms with Crippen LogP contribution in [0.2, 0.25) is 0 Å². The molecule has 1 aromatic carbocycles. The van der Waals surface area contributed by atoms with Crippen LogP contribution in [-0.4, -0.2) is 21.1 Å². The van der Waals surface area contributed by atoms with Crippen molar-refractivity contribution in [1.29, 1.82) is 5.26 Å². The van der Waals surface area contributed by atoms with Gasteiger partial charge in [-0.05, 0) is 42.0 Å². The van der Waals surface area contributed by atoms with Crippen molar-refractivity contribution < 1.29 is 13.6 Å². The van der Waals surface area contributed by atoms with E-state index in [0.717, 1.165) is 11.1 Å². The highest BCUT2D eigenvalue weighted by Crippen LogP contribution is 2.22. The van der Waals surface area contributed by atoms with Gasteiger partial charge in [0.2, 0.25) is 0 Å². The standard InChI is InChI=1S/C19H11N5O3/c20-10-15-7-6-14(11-21-15)12-3-1-4-13(9-12)17(25)22-19-24-23-18(27-19)16-5-2-8-26-16/h1-9,11H,(H,22,24,25). The minimum absolute atomic E-state index is 0.0307. The molecule has 0 spiro atoms. The van der Waals surface area contributed by atoms with Gasteiger partial charge in [-0.3, -0.25) is 10.1 Å². The van der Waals surface area contributed by atoms with Gasteiger partial charge in [0, 0.05) is 17.3 Å². The van der Waals surface area contributed by atoms with Crippen LogP contribution in [0.5, 0.6) is 0 Å². The van der Waals surface area contributed by atoms with Crippen LogP contribution >= 0.6 is 0 Å². The molecule has 0 unspecified atom stereocenters. The first-order valence-corrected chi connectivity index (χ1v) is 7.88. The molecule has 4 rings (SSSR count). The summed E-state index contributed by atoms with van der Waals surface area (Å²) < 4.78 is 10.5. The zero-order valence-electron chi connectivity index (χ0n) is 13.8. The normalized spacial score (nSPS) is 10.3. The van der Waals surface area contributed by atoms with E-state index in [9.17, 15) is 4.79 Å². The maximum Gasteiger partial charge on any atom is 0.322 e. The predicted molar refractivity (Wildman–Crippen MR) is 94.3 cm³/mol. The van der Waals surface area contributed by atoms with Crippen molar-refractivity contribution in [1.82, 2.24) is 15.2 Å². The molecule has 0 aliphatic rings. The number of hydrogen-bond donors (Lipinski definition) is 1. The molecule has 1 N–H and O–H groups in total. The third-order valence-corrected chi connectivity index (χ3v) is 3.71. The van der Waals surface area contributed by atoms with Crippen molar-refractivity contribution in [2.75, 3.05) is 5.32 Å². The van der Waals surface area contributed by atoms with Gasteiger partial charge < -0.3 is 8.83 Å². The van der Waals surface area contributed by atoms with E-state index in [0.29, 0.717) is 17.0 Å². The van der Waals surface area contributed by atoms with Crippen molar-refractivity contribution in [3.8, 4) is 28.8 Å². The van der Waals surface area contributed by atoms with Crippen LogP contribution in [0.25, 0.3) is 22.8 Å². The molecule has 3 heterocycles. The summed E-state index contributed by atoms with van der Waals surface area (Å²) in [5.41, 5.74) is 2.33. The van der Waals surface area contributed by atoms with Gasteiger partial charge in [0.25, 0.3) is 11.8 Å². The SMILES string of the molecule is N#Cc1ccc(-c2cccc(C(=O)Nc3nnc(-c4ccco4)o3)c2)cn1. The number of nitrogens with one attached hydrogen (secondary N) is 1. The molecule has 0 saturated carbocycles. The Morgan fingerprint density at radius 3 is 2.74 bits per heavy atom. The van der Waals surface area contributed by atoms with Crippen molar-refractivity contribution in [3.05, 3.63) is 72.2 Å². The number of rotatable bonds is 4. The number of aromatic nitrogens is 3. The van der Waals surface area contributed by atoms with Gasteiger partial charge in [0.15, 0.2) is 5.76 Å². The fraction of sp³-hybridized carbons (Fsp3) is 0. The lowest BCUT2D eigenvalue weighted by atomic mass is 10.0. The molecule has 0 radical (unpaired) electrons. The highest BCUT2D eigenvalue weighted by Gasteiger charge is 2.14. The first kappa shape index (κ1) is 16.2. The van der Waals surface area contributed by atoms with Gasteiger partial charge >= 0.3 is 6.01 Å². The average molecular weight is 357 g/mol. The maximum atomic E-state index is 12.5. The first-order valence-electron chi connectivity index (χ1n) is 7.88. The van der Waals surface area contributed by atoms with Crippen molar-refractivity contribution >= 4 is 11.9 Å². The lowest BCUT2D eigenvalue weighted by Gasteiger charge is -2.05. The van der Waals surface area contributed by atoms with Crippen LogP contribution in [0, 0.1) is 11.3 Å². The Kier molecular flexibility index (Phi) is 4.17. The smallest absolute Gasteiger partial charge is 0.322 e. The quantitative estimate of drug-likeness (QED) is 0.593. The van der Waals surface area contributed by atoms with Gasteiger partial charge in [-0.25, -0.2) is 4.98 Å². The Morgan fingerprint density at radius 1 is 1.07 bits per heavy atom. The van der Waals surface area contributed by atoms with Gasteiger partial charge in [-0.2, -0.15) is 5.26 Å². The highest BCUT2D eigenvalue weighted by molar-refractivity contribution is 6.03. The monoisotopic (exact) mass is 357 g/mol. The Morgan fingerprint density at radius 2 is 2.00 bits per heavy atom. The lowest BCUT2D eigenvalue weighted by Crippen LogP contribution is -2.12. The Labute approximate surface area is 153 Å². The molecular weight excluding hydrogens is 346 g/mol. The largest absolute Gasteiger partial charge is 0.459 e. The topological polar surface area (TPSA) is 118 Å². The second-order valence-electron chi connectivity index (χ2n) is 5.47. The number of nitriles is 1. The molecule has 4 aromatic rings. The molecule has 1 amide bonds.